The number of nitrogens with zero attached hydrogens (tertiary/aromatic N) is 3. The van der Waals surface area contributed by atoms with Crippen LogP contribution < -0.4 is 4.74 Å². The standard InChI is InChI=1S/C27H24F3N3O2/c1-16-22-13-12-21-23(17-6-4-3-5-7-17)32-33(19-8-10-20(11-9-19)35-27(28,29)30)25(21)26(22,2)14-18(15-31)24(16)34/h3-11,14,16,22,24,34H,12-13H2,1-2H3/t16-,22-,24?,26-/m1/s1. The molecule has 0 aliphatic heterocycles. The number of rotatable bonds is 3. The van der Waals surface area contributed by atoms with Crippen molar-refractivity contribution in [3.63, 3.8) is 0 Å². The van der Waals surface area contributed by atoms with Crippen molar-refractivity contribution in [1.29, 1.82) is 5.26 Å². The predicted octanol–water partition coefficient (Wildman–Crippen LogP) is 5.72. The van der Waals surface area contributed by atoms with E-state index in [9.17, 15) is 23.5 Å². The molecule has 4 atom stereocenters. The zero-order chi connectivity index (χ0) is 25.0. The third kappa shape index (κ3) is 3.90. The summed E-state index contributed by atoms with van der Waals surface area (Å²) in [5.74, 6) is -0.386. The van der Waals surface area contributed by atoms with Crippen molar-refractivity contribution in [3.8, 4) is 28.8 Å². The van der Waals surface area contributed by atoms with Gasteiger partial charge in [0.25, 0.3) is 0 Å². The van der Waals surface area contributed by atoms with E-state index in [1.807, 2.05) is 43.3 Å². The van der Waals surface area contributed by atoms with Crippen LogP contribution in [0.2, 0.25) is 0 Å². The second-order valence-corrected chi connectivity index (χ2v) is 9.44. The van der Waals surface area contributed by atoms with Crippen molar-refractivity contribution < 1.29 is 23.0 Å². The van der Waals surface area contributed by atoms with E-state index in [0.29, 0.717) is 11.3 Å². The molecule has 1 unspecified atom stereocenters. The Bertz CT molecular complexity index is 1320. The molecule has 0 saturated heterocycles. The van der Waals surface area contributed by atoms with Gasteiger partial charge in [-0.05, 0) is 48.9 Å². The van der Waals surface area contributed by atoms with E-state index < -0.39 is 17.9 Å². The fraction of sp³-hybridized carbons (Fsp3) is 0.333. The molecule has 2 aromatic carbocycles. The van der Waals surface area contributed by atoms with E-state index in [1.165, 1.54) is 12.1 Å². The molecule has 1 heterocycles. The lowest BCUT2D eigenvalue weighted by Crippen LogP contribution is -2.47. The van der Waals surface area contributed by atoms with Gasteiger partial charge in [0.2, 0.25) is 0 Å². The summed E-state index contributed by atoms with van der Waals surface area (Å²) in [7, 11) is 0. The number of aliphatic hydroxyl groups excluding tert-OH is 1. The number of halogens is 3. The molecule has 5 rings (SSSR count). The first-order valence-corrected chi connectivity index (χ1v) is 11.5. The molecule has 0 amide bonds. The normalized spacial score (nSPS) is 25.7. The lowest BCUT2D eigenvalue weighted by Gasteiger charge is -2.47. The first kappa shape index (κ1) is 23.2. The quantitative estimate of drug-likeness (QED) is 0.522. The van der Waals surface area contributed by atoms with Crippen LogP contribution >= 0.6 is 0 Å². The van der Waals surface area contributed by atoms with Crippen molar-refractivity contribution in [2.45, 2.75) is 44.6 Å². The molecule has 3 aromatic rings. The van der Waals surface area contributed by atoms with Crippen LogP contribution in [0.15, 0.2) is 66.2 Å². The van der Waals surface area contributed by atoms with Crippen LogP contribution in [-0.2, 0) is 11.8 Å². The molecule has 180 valence electrons. The van der Waals surface area contributed by atoms with E-state index in [-0.39, 0.29) is 17.6 Å². The van der Waals surface area contributed by atoms with E-state index in [4.69, 9.17) is 5.10 Å². The van der Waals surface area contributed by atoms with Gasteiger partial charge in [-0.3, -0.25) is 0 Å². The first-order chi connectivity index (χ1) is 16.6. The van der Waals surface area contributed by atoms with Gasteiger partial charge < -0.3 is 9.84 Å². The second kappa shape index (κ2) is 8.28. The molecule has 0 saturated carbocycles. The Balaban J connectivity index is 1.72. The van der Waals surface area contributed by atoms with Crippen LogP contribution in [0.4, 0.5) is 13.2 Å². The Kier molecular flexibility index (Phi) is 5.48. The van der Waals surface area contributed by atoms with Gasteiger partial charge in [0.05, 0.1) is 34.8 Å². The Hall–Kier alpha value is -3.57. The fourth-order valence-corrected chi connectivity index (χ4v) is 5.81. The van der Waals surface area contributed by atoms with Crippen LogP contribution in [0.25, 0.3) is 16.9 Å². The average Bonchev–Trinajstić information content (AvgIpc) is 3.22. The molecule has 0 spiro atoms. The fourth-order valence-electron chi connectivity index (χ4n) is 5.81. The zero-order valence-corrected chi connectivity index (χ0v) is 19.3. The number of ether oxygens (including phenoxy) is 1. The van der Waals surface area contributed by atoms with Crippen molar-refractivity contribution in [2.24, 2.45) is 11.8 Å². The van der Waals surface area contributed by atoms with Crippen LogP contribution in [0.5, 0.6) is 5.75 Å². The van der Waals surface area contributed by atoms with E-state index in [2.05, 4.69) is 17.7 Å². The van der Waals surface area contributed by atoms with Crippen molar-refractivity contribution in [3.05, 3.63) is 77.5 Å². The molecule has 2 aliphatic rings. The Morgan fingerprint density at radius 1 is 1.14 bits per heavy atom. The highest BCUT2D eigenvalue weighted by Crippen LogP contribution is 2.53. The summed E-state index contributed by atoms with van der Waals surface area (Å²) in [5, 5.41) is 25.4. The van der Waals surface area contributed by atoms with Gasteiger partial charge in [0.15, 0.2) is 0 Å². The Labute approximate surface area is 201 Å². The van der Waals surface area contributed by atoms with Crippen LogP contribution in [0, 0.1) is 23.2 Å². The van der Waals surface area contributed by atoms with Crippen molar-refractivity contribution >= 4 is 0 Å². The Morgan fingerprint density at radius 2 is 1.83 bits per heavy atom. The summed E-state index contributed by atoms with van der Waals surface area (Å²) in [6.45, 7) is 4.02. The number of allylic oxidation sites excluding steroid dienone is 1. The lowest BCUT2D eigenvalue weighted by atomic mass is 9.57. The highest BCUT2D eigenvalue weighted by Gasteiger charge is 2.50. The maximum Gasteiger partial charge on any atom is 0.573 e. The molecule has 35 heavy (non-hydrogen) atoms. The number of nitriles is 1. The molecule has 0 fully saturated rings. The Morgan fingerprint density at radius 3 is 2.46 bits per heavy atom. The van der Waals surface area contributed by atoms with Gasteiger partial charge in [-0.1, -0.05) is 50.3 Å². The van der Waals surface area contributed by atoms with Gasteiger partial charge >= 0.3 is 6.36 Å². The summed E-state index contributed by atoms with van der Waals surface area (Å²) < 4.78 is 43.8. The third-order valence-corrected chi connectivity index (χ3v) is 7.37. The number of hydrogen-bond donors (Lipinski definition) is 1. The van der Waals surface area contributed by atoms with E-state index in [0.717, 1.165) is 35.4 Å². The van der Waals surface area contributed by atoms with Crippen LogP contribution in [0.3, 0.4) is 0 Å². The largest absolute Gasteiger partial charge is 0.573 e. The van der Waals surface area contributed by atoms with Gasteiger partial charge in [-0.25, -0.2) is 4.68 Å². The maximum atomic E-state index is 12.7. The molecule has 1 N–H and O–H groups in total. The lowest BCUT2D eigenvalue weighted by molar-refractivity contribution is -0.274. The summed E-state index contributed by atoms with van der Waals surface area (Å²) >= 11 is 0. The van der Waals surface area contributed by atoms with Gasteiger partial charge in [0.1, 0.15) is 5.75 Å². The van der Waals surface area contributed by atoms with Gasteiger partial charge in [0, 0.05) is 16.5 Å². The van der Waals surface area contributed by atoms with E-state index >= 15 is 0 Å². The van der Waals surface area contributed by atoms with E-state index in [1.54, 1.807) is 16.8 Å². The van der Waals surface area contributed by atoms with Crippen molar-refractivity contribution in [2.75, 3.05) is 0 Å². The topological polar surface area (TPSA) is 71.1 Å². The van der Waals surface area contributed by atoms with Crippen LogP contribution in [0.1, 0.15) is 31.5 Å². The second-order valence-electron chi connectivity index (χ2n) is 9.44. The minimum Gasteiger partial charge on any atom is -0.406 e. The number of aliphatic hydroxyl groups is 1. The highest BCUT2D eigenvalue weighted by molar-refractivity contribution is 5.67. The highest BCUT2D eigenvalue weighted by atomic mass is 19.4. The first-order valence-electron chi connectivity index (χ1n) is 11.5. The molecule has 1 aromatic heterocycles. The SMILES string of the molecule is C[C@H]1C(O)C(C#N)=C[C@@]2(C)c3c(c(-c4ccccc4)nn3-c3ccc(OC(F)(F)F)cc3)CC[C@H]12. The van der Waals surface area contributed by atoms with Crippen molar-refractivity contribution in [1.82, 2.24) is 9.78 Å². The monoisotopic (exact) mass is 479 g/mol. The predicted molar refractivity (Wildman–Crippen MR) is 124 cm³/mol. The minimum atomic E-state index is -4.77. The smallest absolute Gasteiger partial charge is 0.406 e. The third-order valence-electron chi connectivity index (χ3n) is 7.37. The molecular weight excluding hydrogens is 455 g/mol. The van der Waals surface area contributed by atoms with Crippen LogP contribution in [-0.4, -0.2) is 27.4 Å². The summed E-state index contributed by atoms with van der Waals surface area (Å²) in [5.41, 5.74) is 4.00. The molecule has 0 radical (unpaired) electrons. The summed E-state index contributed by atoms with van der Waals surface area (Å²) in [4.78, 5) is 0. The average molecular weight is 480 g/mol. The number of benzene rings is 2. The number of fused-ring (bicyclic) bond motifs is 3. The molecule has 2 aliphatic carbocycles. The number of hydrogen-bond acceptors (Lipinski definition) is 4. The maximum absolute atomic E-state index is 12.7. The molecule has 0 bridgehead atoms. The molecular formula is C27H24F3N3O2. The number of aromatic nitrogens is 2. The minimum absolute atomic E-state index is 0.0639. The zero-order valence-electron chi connectivity index (χ0n) is 19.3. The summed E-state index contributed by atoms with van der Waals surface area (Å²) in [6.07, 6.45) is -2.19. The molecule has 5 nitrogen and oxygen atoms in total. The molecule has 8 heteroatoms. The van der Waals surface area contributed by atoms with Gasteiger partial charge in [-0.2, -0.15) is 10.4 Å². The number of alkyl halides is 3. The van der Waals surface area contributed by atoms with Gasteiger partial charge in [-0.15, -0.1) is 13.2 Å². The summed E-state index contributed by atoms with van der Waals surface area (Å²) in [6, 6.07) is 17.5.